The van der Waals surface area contributed by atoms with Crippen molar-refractivity contribution in [2.75, 3.05) is 32.4 Å². The molecule has 2 aromatic heterocycles. The molecule has 0 unspecified atom stereocenters. The van der Waals surface area contributed by atoms with E-state index in [1.165, 1.54) is 17.7 Å². The fraction of sp³-hybridized carbons (Fsp3) is 0.350. The van der Waals surface area contributed by atoms with Crippen molar-refractivity contribution in [3.8, 4) is 11.5 Å². The molecule has 9 heteroatoms. The van der Waals surface area contributed by atoms with Crippen LogP contribution in [0.15, 0.2) is 24.5 Å². The van der Waals surface area contributed by atoms with Gasteiger partial charge in [0, 0.05) is 26.8 Å². The summed E-state index contributed by atoms with van der Waals surface area (Å²) in [4.78, 5) is 22.7. The van der Waals surface area contributed by atoms with Crippen LogP contribution in [-0.2, 0) is 11.3 Å². The minimum atomic E-state index is -0.0941. The molecule has 0 radical (unpaired) electrons. The minimum Gasteiger partial charge on any atom is -0.454 e. The Kier molecular flexibility index (Phi) is 5.77. The number of rotatable bonds is 8. The van der Waals surface area contributed by atoms with Crippen LogP contribution in [0.4, 0.5) is 5.82 Å². The first-order valence-corrected chi connectivity index (χ1v) is 10.1. The number of ether oxygens (including phenoxy) is 3. The van der Waals surface area contributed by atoms with Crippen molar-refractivity contribution in [3.63, 3.8) is 0 Å². The zero-order chi connectivity index (χ0) is 20.2. The van der Waals surface area contributed by atoms with E-state index >= 15 is 0 Å². The number of anilines is 1. The van der Waals surface area contributed by atoms with Gasteiger partial charge in [0.2, 0.25) is 6.79 Å². The molecule has 3 heterocycles. The number of carbonyl (C=O) groups is 1. The van der Waals surface area contributed by atoms with Gasteiger partial charge in [-0.3, -0.25) is 4.79 Å². The van der Waals surface area contributed by atoms with Gasteiger partial charge in [-0.15, -0.1) is 11.3 Å². The second-order valence-corrected chi connectivity index (χ2v) is 7.60. The molecule has 1 amide bonds. The van der Waals surface area contributed by atoms with E-state index in [2.05, 4.69) is 20.6 Å². The molecule has 0 fully saturated rings. The predicted molar refractivity (Wildman–Crippen MR) is 111 cm³/mol. The maximum Gasteiger partial charge on any atom is 0.261 e. The Morgan fingerprint density at radius 3 is 3.00 bits per heavy atom. The van der Waals surface area contributed by atoms with Crippen LogP contribution in [0.2, 0.25) is 0 Å². The number of thiophene rings is 1. The molecule has 8 nitrogen and oxygen atoms in total. The third-order valence-electron chi connectivity index (χ3n) is 4.64. The minimum absolute atomic E-state index is 0.0941. The summed E-state index contributed by atoms with van der Waals surface area (Å²) in [6, 6.07) is 5.84. The van der Waals surface area contributed by atoms with Gasteiger partial charge in [0.05, 0.1) is 10.3 Å². The first-order valence-electron chi connectivity index (χ1n) is 9.31. The van der Waals surface area contributed by atoms with Crippen molar-refractivity contribution in [2.45, 2.75) is 19.9 Å². The van der Waals surface area contributed by atoms with Crippen molar-refractivity contribution in [1.82, 2.24) is 15.3 Å². The number of amides is 1. The second-order valence-electron chi connectivity index (χ2n) is 6.60. The molecule has 0 atom stereocenters. The number of fused-ring (bicyclic) bond motifs is 2. The summed E-state index contributed by atoms with van der Waals surface area (Å²) in [5.41, 5.74) is 1.92. The number of nitrogens with one attached hydrogen (secondary N) is 2. The van der Waals surface area contributed by atoms with Gasteiger partial charge in [0.15, 0.2) is 11.5 Å². The molecule has 0 bridgehead atoms. The standard InChI is InChI=1S/C20H22N4O4S/c1-12-16-18(22-9-13-4-5-14-15(8-13)28-11-27-14)23-10-24-20(16)29-17(12)19(25)21-6-3-7-26-2/h4-5,8,10H,3,6-7,9,11H2,1-2H3,(H,21,25)(H,22,23,24). The highest BCUT2D eigenvalue weighted by atomic mass is 32.1. The lowest BCUT2D eigenvalue weighted by molar-refractivity contribution is 0.0952. The van der Waals surface area contributed by atoms with E-state index in [1.807, 2.05) is 25.1 Å². The van der Waals surface area contributed by atoms with E-state index in [4.69, 9.17) is 14.2 Å². The van der Waals surface area contributed by atoms with Crippen LogP contribution in [-0.4, -0.2) is 42.9 Å². The molecule has 1 aliphatic heterocycles. The largest absolute Gasteiger partial charge is 0.454 e. The topological polar surface area (TPSA) is 94.6 Å². The molecule has 152 valence electrons. The predicted octanol–water partition coefficient (Wildman–Crippen LogP) is 3.11. The molecule has 0 saturated carbocycles. The van der Waals surface area contributed by atoms with E-state index in [9.17, 15) is 4.79 Å². The summed E-state index contributed by atoms with van der Waals surface area (Å²) >= 11 is 1.38. The third-order valence-corrected chi connectivity index (χ3v) is 5.84. The number of methoxy groups -OCH3 is 1. The van der Waals surface area contributed by atoms with Crippen LogP contribution >= 0.6 is 11.3 Å². The number of aromatic nitrogens is 2. The Morgan fingerprint density at radius 2 is 2.14 bits per heavy atom. The number of hydrogen-bond acceptors (Lipinski definition) is 8. The van der Waals surface area contributed by atoms with Gasteiger partial charge in [-0.05, 0) is 36.6 Å². The summed E-state index contributed by atoms with van der Waals surface area (Å²) in [5, 5.41) is 7.17. The molecule has 4 rings (SSSR count). The van der Waals surface area contributed by atoms with Crippen LogP contribution in [0.3, 0.4) is 0 Å². The number of hydrogen-bond donors (Lipinski definition) is 2. The van der Waals surface area contributed by atoms with Crippen LogP contribution in [0.5, 0.6) is 11.5 Å². The fourth-order valence-electron chi connectivity index (χ4n) is 3.16. The van der Waals surface area contributed by atoms with Gasteiger partial charge in [-0.25, -0.2) is 9.97 Å². The van der Waals surface area contributed by atoms with E-state index in [-0.39, 0.29) is 12.7 Å². The Hall–Kier alpha value is -2.91. The van der Waals surface area contributed by atoms with E-state index < -0.39 is 0 Å². The van der Waals surface area contributed by atoms with Crippen molar-refractivity contribution < 1.29 is 19.0 Å². The second kappa shape index (κ2) is 8.62. The molecule has 0 spiro atoms. The molecule has 1 aliphatic rings. The Morgan fingerprint density at radius 1 is 1.28 bits per heavy atom. The van der Waals surface area contributed by atoms with Crippen LogP contribution < -0.4 is 20.1 Å². The van der Waals surface area contributed by atoms with E-state index in [1.54, 1.807) is 7.11 Å². The Bertz CT molecular complexity index is 1040. The lowest BCUT2D eigenvalue weighted by atomic mass is 10.1. The summed E-state index contributed by atoms with van der Waals surface area (Å²) in [6.45, 7) is 3.93. The molecule has 2 N–H and O–H groups in total. The van der Waals surface area contributed by atoms with Crippen LogP contribution in [0, 0.1) is 6.92 Å². The summed E-state index contributed by atoms with van der Waals surface area (Å²) in [5.74, 6) is 2.12. The number of carbonyl (C=O) groups excluding carboxylic acids is 1. The lowest BCUT2D eigenvalue weighted by Gasteiger charge is -2.08. The van der Waals surface area contributed by atoms with Gasteiger partial charge in [0.25, 0.3) is 5.91 Å². The Balaban J connectivity index is 1.51. The third kappa shape index (κ3) is 4.10. The number of nitrogens with zero attached hydrogens (tertiary/aromatic N) is 2. The highest BCUT2D eigenvalue weighted by Gasteiger charge is 2.19. The van der Waals surface area contributed by atoms with Crippen LogP contribution in [0.25, 0.3) is 10.2 Å². The Labute approximate surface area is 172 Å². The van der Waals surface area contributed by atoms with Gasteiger partial charge in [-0.2, -0.15) is 0 Å². The zero-order valence-electron chi connectivity index (χ0n) is 16.3. The van der Waals surface area contributed by atoms with Gasteiger partial charge in [0.1, 0.15) is 17.0 Å². The van der Waals surface area contributed by atoms with E-state index in [0.29, 0.717) is 30.4 Å². The maximum atomic E-state index is 12.6. The van der Waals surface area contributed by atoms with E-state index in [0.717, 1.165) is 39.3 Å². The van der Waals surface area contributed by atoms with Gasteiger partial charge in [-0.1, -0.05) is 6.07 Å². The molecular formula is C20H22N4O4S. The molecule has 1 aromatic carbocycles. The molecule has 0 saturated heterocycles. The first kappa shape index (κ1) is 19.4. The summed E-state index contributed by atoms with van der Waals surface area (Å²) in [7, 11) is 1.65. The summed E-state index contributed by atoms with van der Waals surface area (Å²) < 4.78 is 15.8. The molecular weight excluding hydrogens is 392 g/mol. The first-order chi connectivity index (χ1) is 14.2. The number of benzene rings is 1. The van der Waals surface area contributed by atoms with Crippen molar-refractivity contribution in [2.24, 2.45) is 0 Å². The lowest BCUT2D eigenvalue weighted by Crippen LogP contribution is -2.24. The zero-order valence-corrected chi connectivity index (χ0v) is 17.1. The summed E-state index contributed by atoms with van der Waals surface area (Å²) in [6.07, 6.45) is 2.29. The maximum absolute atomic E-state index is 12.6. The average Bonchev–Trinajstić information content (AvgIpc) is 3.34. The molecule has 0 aliphatic carbocycles. The molecule has 29 heavy (non-hydrogen) atoms. The highest BCUT2D eigenvalue weighted by Crippen LogP contribution is 2.35. The van der Waals surface area contributed by atoms with Crippen molar-refractivity contribution in [3.05, 3.63) is 40.5 Å². The highest BCUT2D eigenvalue weighted by molar-refractivity contribution is 7.20. The van der Waals surface area contributed by atoms with Crippen molar-refractivity contribution in [1.29, 1.82) is 0 Å². The molecule has 3 aromatic rings. The fourth-order valence-corrected chi connectivity index (χ4v) is 4.22. The average molecular weight is 414 g/mol. The normalized spacial score (nSPS) is 12.3. The number of aryl methyl sites for hydroxylation is 1. The smallest absolute Gasteiger partial charge is 0.261 e. The van der Waals surface area contributed by atoms with Crippen LogP contribution in [0.1, 0.15) is 27.2 Å². The van der Waals surface area contributed by atoms with Crippen molar-refractivity contribution >= 4 is 33.3 Å². The SMILES string of the molecule is COCCCNC(=O)c1sc2ncnc(NCc3ccc4c(c3)OCO4)c2c1C. The monoisotopic (exact) mass is 414 g/mol. The van der Waals surface area contributed by atoms with Gasteiger partial charge >= 0.3 is 0 Å². The quantitative estimate of drug-likeness (QED) is 0.547. The van der Waals surface area contributed by atoms with Gasteiger partial charge < -0.3 is 24.8 Å².